The Labute approximate surface area is 122 Å². The average molecular weight is 284 g/mol. The summed E-state index contributed by atoms with van der Waals surface area (Å²) in [5.41, 5.74) is 0. The van der Waals surface area contributed by atoms with Gasteiger partial charge in [-0.1, -0.05) is 0 Å². The van der Waals surface area contributed by atoms with Crippen molar-refractivity contribution in [1.29, 1.82) is 0 Å². The van der Waals surface area contributed by atoms with Crippen molar-refractivity contribution >= 4 is 11.8 Å². The van der Waals surface area contributed by atoms with Crippen LogP contribution in [0.5, 0.6) is 0 Å². The Morgan fingerprint density at radius 1 is 1.25 bits per heavy atom. The van der Waals surface area contributed by atoms with Crippen LogP contribution in [0, 0.1) is 5.92 Å². The number of Topliss-reactive ketones (excluding diaryl/α,β-unsaturated/α-hetero) is 1. The number of hydrogen-bond acceptors (Lipinski definition) is 5. The minimum atomic E-state index is -0.279. The number of ketones is 1. The molecule has 20 heavy (non-hydrogen) atoms. The molecule has 116 valence electrons. The first-order valence-electron chi connectivity index (χ1n) is 7.55. The highest BCUT2D eigenvalue weighted by Gasteiger charge is 2.19. The molecule has 0 radical (unpaired) electrons. The molecule has 0 aromatic heterocycles. The Morgan fingerprint density at radius 2 is 1.90 bits per heavy atom. The van der Waals surface area contributed by atoms with Crippen LogP contribution < -0.4 is 0 Å². The maximum absolute atomic E-state index is 11.8. The van der Waals surface area contributed by atoms with Crippen molar-refractivity contribution in [3.05, 3.63) is 0 Å². The minimum absolute atomic E-state index is 0.119. The van der Waals surface area contributed by atoms with E-state index >= 15 is 0 Å². The highest BCUT2D eigenvalue weighted by Crippen LogP contribution is 2.16. The normalized spacial score (nSPS) is 17.4. The summed E-state index contributed by atoms with van der Waals surface area (Å²) >= 11 is 0. The molecule has 0 unspecified atom stereocenters. The van der Waals surface area contributed by atoms with Crippen LogP contribution in [0.1, 0.15) is 32.6 Å². The van der Waals surface area contributed by atoms with E-state index in [4.69, 9.17) is 4.74 Å². The molecular formula is C15H28N2O3. The highest BCUT2D eigenvalue weighted by molar-refractivity contribution is 5.84. The molecule has 5 nitrogen and oxygen atoms in total. The third kappa shape index (κ3) is 7.01. The van der Waals surface area contributed by atoms with E-state index in [9.17, 15) is 9.59 Å². The largest absolute Gasteiger partial charge is 0.466 e. The Morgan fingerprint density at radius 3 is 2.50 bits per heavy atom. The van der Waals surface area contributed by atoms with Crippen molar-refractivity contribution in [1.82, 2.24) is 9.80 Å². The molecule has 1 fully saturated rings. The first-order chi connectivity index (χ1) is 9.51. The van der Waals surface area contributed by atoms with Crippen molar-refractivity contribution in [3.8, 4) is 0 Å². The highest BCUT2D eigenvalue weighted by atomic mass is 16.5. The minimum Gasteiger partial charge on any atom is -0.466 e. The van der Waals surface area contributed by atoms with Crippen LogP contribution in [0.15, 0.2) is 0 Å². The molecule has 5 heteroatoms. The van der Waals surface area contributed by atoms with E-state index in [1.807, 2.05) is 7.05 Å². The molecule has 0 aliphatic carbocycles. The van der Waals surface area contributed by atoms with Crippen molar-refractivity contribution in [2.45, 2.75) is 32.6 Å². The number of rotatable bonds is 8. The van der Waals surface area contributed by atoms with Gasteiger partial charge < -0.3 is 9.64 Å². The van der Waals surface area contributed by atoms with Crippen LogP contribution in [-0.4, -0.2) is 68.4 Å². The van der Waals surface area contributed by atoms with Crippen molar-refractivity contribution in [2.75, 3.05) is 46.9 Å². The molecule has 1 aliphatic heterocycles. The van der Waals surface area contributed by atoms with E-state index in [0.717, 1.165) is 19.6 Å². The Kier molecular flexibility index (Phi) is 7.77. The molecule has 1 saturated heterocycles. The first-order valence-corrected chi connectivity index (χ1v) is 7.55. The molecule has 0 N–H and O–H groups in total. The van der Waals surface area contributed by atoms with Crippen molar-refractivity contribution in [2.24, 2.45) is 5.92 Å². The molecule has 0 bridgehead atoms. The quantitative estimate of drug-likeness (QED) is 0.626. The zero-order valence-electron chi connectivity index (χ0n) is 13.1. The van der Waals surface area contributed by atoms with Crippen molar-refractivity contribution < 1.29 is 14.3 Å². The molecule has 1 rings (SSSR count). The SMILES string of the molecule is CCOC(=O)CCC(=O)CN(C)CC1CCN(C)CC1. The van der Waals surface area contributed by atoms with Gasteiger partial charge in [0.05, 0.1) is 19.6 Å². The van der Waals surface area contributed by atoms with E-state index in [-0.39, 0.29) is 24.6 Å². The number of piperidine rings is 1. The summed E-state index contributed by atoms with van der Waals surface area (Å²) in [4.78, 5) is 27.4. The van der Waals surface area contributed by atoms with Gasteiger partial charge in [0.1, 0.15) is 5.78 Å². The molecule has 0 spiro atoms. The predicted molar refractivity (Wildman–Crippen MR) is 78.6 cm³/mol. The molecule has 0 aromatic carbocycles. The number of hydrogen-bond donors (Lipinski definition) is 0. The van der Waals surface area contributed by atoms with E-state index in [0.29, 0.717) is 19.1 Å². The van der Waals surface area contributed by atoms with Gasteiger partial charge in [-0.3, -0.25) is 14.5 Å². The number of carbonyl (C=O) groups is 2. The molecule has 1 heterocycles. The molecule has 0 saturated carbocycles. The maximum Gasteiger partial charge on any atom is 0.306 e. The summed E-state index contributed by atoms with van der Waals surface area (Å²) in [5, 5.41) is 0. The standard InChI is InChI=1S/C15H28N2O3/c1-4-20-15(19)6-5-14(18)12-17(3)11-13-7-9-16(2)10-8-13/h13H,4-12H2,1-3H3. The fraction of sp³-hybridized carbons (Fsp3) is 0.867. The summed E-state index contributed by atoms with van der Waals surface area (Å²) in [6.45, 7) is 5.85. The van der Waals surface area contributed by atoms with Gasteiger partial charge in [0.2, 0.25) is 0 Å². The zero-order valence-corrected chi connectivity index (χ0v) is 13.1. The summed E-state index contributed by atoms with van der Waals surface area (Å²) in [6, 6.07) is 0. The summed E-state index contributed by atoms with van der Waals surface area (Å²) < 4.78 is 4.82. The van der Waals surface area contributed by atoms with E-state index in [1.165, 1.54) is 12.8 Å². The van der Waals surface area contributed by atoms with Gasteiger partial charge >= 0.3 is 5.97 Å². The molecule has 0 atom stereocenters. The lowest BCUT2D eigenvalue weighted by molar-refractivity contribution is -0.144. The number of carbonyl (C=O) groups excluding carboxylic acids is 2. The molecule has 0 amide bonds. The van der Waals surface area contributed by atoms with Gasteiger partial charge in [0, 0.05) is 13.0 Å². The number of esters is 1. The van der Waals surface area contributed by atoms with Crippen LogP contribution in [-0.2, 0) is 14.3 Å². The van der Waals surface area contributed by atoms with Gasteiger partial charge in [0.25, 0.3) is 0 Å². The average Bonchev–Trinajstić information content (AvgIpc) is 2.39. The van der Waals surface area contributed by atoms with Crippen LogP contribution in [0.3, 0.4) is 0 Å². The lowest BCUT2D eigenvalue weighted by atomic mass is 9.96. The smallest absolute Gasteiger partial charge is 0.306 e. The summed E-state index contributed by atoms with van der Waals surface area (Å²) in [7, 11) is 4.14. The second-order valence-electron chi connectivity index (χ2n) is 5.79. The fourth-order valence-corrected chi connectivity index (χ4v) is 2.60. The van der Waals surface area contributed by atoms with Crippen LogP contribution >= 0.6 is 0 Å². The lowest BCUT2D eigenvalue weighted by Gasteiger charge is -2.31. The van der Waals surface area contributed by atoms with Gasteiger partial charge in [-0.05, 0) is 52.9 Å². The summed E-state index contributed by atoms with van der Waals surface area (Å²) in [6.07, 6.45) is 2.90. The molecule has 0 aromatic rings. The van der Waals surface area contributed by atoms with Gasteiger partial charge in [0.15, 0.2) is 0 Å². The number of ether oxygens (including phenoxy) is 1. The van der Waals surface area contributed by atoms with E-state index in [2.05, 4.69) is 16.8 Å². The topological polar surface area (TPSA) is 49.9 Å². The third-order valence-corrected chi connectivity index (χ3v) is 3.77. The van der Waals surface area contributed by atoms with Gasteiger partial charge in [-0.25, -0.2) is 0 Å². The Hall–Kier alpha value is -0.940. The number of nitrogens with zero attached hydrogens (tertiary/aromatic N) is 2. The second-order valence-corrected chi connectivity index (χ2v) is 5.79. The molecule has 1 aliphatic rings. The molecular weight excluding hydrogens is 256 g/mol. The Balaban J connectivity index is 2.16. The predicted octanol–water partition coefficient (Wildman–Crippen LogP) is 1.17. The second kappa shape index (κ2) is 9.08. The fourth-order valence-electron chi connectivity index (χ4n) is 2.60. The van der Waals surface area contributed by atoms with Crippen LogP contribution in [0.25, 0.3) is 0 Å². The maximum atomic E-state index is 11.8. The number of likely N-dealkylation sites (N-methyl/N-ethyl adjacent to an activating group) is 1. The van der Waals surface area contributed by atoms with Crippen molar-refractivity contribution in [3.63, 3.8) is 0 Å². The summed E-state index contributed by atoms with van der Waals surface area (Å²) in [5.74, 6) is 0.529. The third-order valence-electron chi connectivity index (χ3n) is 3.77. The van der Waals surface area contributed by atoms with Gasteiger partial charge in [-0.2, -0.15) is 0 Å². The van der Waals surface area contributed by atoms with Crippen LogP contribution in [0.2, 0.25) is 0 Å². The van der Waals surface area contributed by atoms with Gasteiger partial charge in [-0.15, -0.1) is 0 Å². The Bertz CT molecular complexity index is 312. The lowest BCUT2D eigenvalue weighted by Crippen LogP contribution is -2.37. The van der Waals surface area contributed by atoms with E-state index < -0.39 is 0 Å². The number of likely N-dealkylation sites (tertiary alicyclic amines) is 1. The van der Waals surface area contributed by atoms with Crippen LogP contribution in [0.4, 0.5) is 0 Å². The monoisotopic (exact) mass is 284 g/mol. The van der Waals surface area contributed by atoms with E-state index in [1.54, 1.807) is 6.92 Å². The first kappa shape index (κ1) is 17.1. The zero-order chi connectivity index (χ0) is 15.0.